The number of hydrogen-bond acceptors (Lipinski definition) is 3. The number of rotatable bonds is 6. The number of nitrogens with zero attached hydrogens (tertiary/aromatic N) is 1. The molecule has 2 rings (SSSR count). The summed E-state index contributed by atoms with van der Waals surface area (Å²) < 4.78 is 0. The lowest BCUT2D eigenvalue weighted by atomic mass is 10.2. The minimum absolute atomic E-state index is 0.987. The summed E-state index contributed by atoms with van der Waals surface area (Å²) in [5.41, 5.74) is 2.77. The fraction of sp³-hybridized carbons (Fsp3) is 0.571. The van der Waals surface area contributed by atoms with Gasteiger partial charge in [0.1, 0.15) is 0 Å². The molecule has 1 saturated heterocycles. The molecule has 0 spiro atoms. The maximum absolute atomic E-state index is 3.46. The minimum Gasteiger partial charge on any atom is -0.372 e. The molecule has 1 aliphatic heterocycles. The lowest BCUT2D eigenvalue weighted by molar-refractivity contribution is 0.732. The second kappa shape index (κ2) is 6.92. The Morgan fingerprint density at radius 3 is 2.53 bits per heavy atom. The van der Waals surface area contributed by atoms with Crippen molar-refractivity contribution < 1.29 is 0 Å². The van der Waals surface area contributed by atoms with Crippen LogP contribution >= 0.6 is 11.8 Å². The van der Waals surface area contributed by atoms with E-state index in [4.69, 9.17) is 0 Å². The van der Waals surface area contributed by atoms with Crippen molar-refractivity contribution in [3.05, 3.63) is 29.8 Å². The first-order chi connectivity index (χ1) is 8.40. The standard InChI is InChI=1S/C14H22N2S/c1-17-11-8-15-12-13-4-6-14(7-5-13)16-9-2-3-10-16/h4-7,15H,2-3,8-12H2,1H3. The van der Waals surface area contributed by atoms with Crippen LogP contribution in [-0.2, 0) is 6.54 Å². The minimum atomic E-state index is 0.987. The summed E-state index contributed by atoms with van der Waals surface area (Å²) in [5.74, 6) is 1.19. The van der Waals surface area contributed by atoms with Gasteiger partial charge in [-0.3, -0.25) is 0 Å². The Balaban J connectivity index is 1.80. The highest BCUT2D eigenvalue weighted by Gasteiger charge is 2.11. The Kier molecular flexibility index (Phi) is 5.20. The van der Waals surface area contributed by atoms with Crippen LogP contribution in [0.4, 0.5) is 5.69 Å². The van der Waals surface area contributed by atoms with Gasteiger partial charge in [0.05, 0.1) is 0 Å². The number of benzene rings is 1. The second-order valence-electron chi connectivity index (χ2n) is 4.53. The SMILES string of the molecule is CSCCNCc1ccc(N2CCCC2)cc1. The zero-order chi connectivity index (χ0) is 11.9. The van der Waals surface area contributed by atoms with Gasteiger partial charge in [0, 0.05) is 37.6 Å². The quantitative estimate of drug-likeness (QED) is 0.782. The van der Waals surface area contributed by atoms with E-state index in [0.29, 0.717) is 0 Å². The van der Waals surface area contributed by atoms with Crippen LogP contribution in [0.15, 0.2) is 24.3 Å². The second-order valence-corrected chi connectivity index (χ2v) is 5.52. The van der Waals surface area contributed by atoms with Crippen molar-refractivity contribution in [2.24, 2.45) is 0 Å². The third-order valence-corrected chi connectivity index (χ3v) is 3.83. The Hall–Kier alpha value is -0.670. The predicted molar refractivity (Wildman–Crippen MR) is 78.0 cm³/mol. The number of anilines is 1. The Morgan fingerprint density at radius 2 is 1.88 bits per heavy atom. The summed E-state index contributed by atoms with van der Waals surface area (Å²) in [4.78, 5) is 2.48. The third-order valence-electron chi connectivity index (χ3n) is 3.22. The highest BCUT2D eigenvalue weighted by molar-refractivity contribution is 7.98. The zero-order valence-corrected chi connectivity index (χ0v) is 11.4. The first-order valence-electron chi connectivity index (χ1n) is 6.44. The summed E-state index contributed by atoms with van der Waals surface area (Å²) in [6.07, 6.45) is 4.84. The Morgan fingerprint density at radius 1 is 1.18 bits per heavy atom. The fourth-order valence-corrected chi connectivity index (χ4v) is 2.56. The van der Waals surface area contributed by atoms with Crippen LogP contribution in [0.3, 0.4) is 0 Å². The monoisotopic (exact) mass is 250 g/mol. The van der Waals surface area contributed by atoms with Crippen LogP contribution in [0, 0.1) is 0 Å². The highest BCUT2D eigenvalue weighted by atomic mass is 32.2. The molecular formula is C14H22N2S. The molecule has 0 unspecified atom stereocenters. The third kappa shape index (κ3) is 3.93. The molecule has 1 aromatic rings. The summed E-state index contributed by atoms with van der Waals surface area (Å²) in [6, 6.07) is 9.02. The first-order valence-corrected chi connectivity index (χ1v) is 7.83. The Labute approximate surface area is 109 Å². The van der Waals surface area contributed by atoms with Crippen molar-refractivity contribution >= 4 is 17.4 Å². The lowest BCUT2D eigenvalue weighted by Gasteiger charge is -2.17. The fourth-order valence-electron chi connectivity index (χ4n) is 2.21. The van der Waals surface area contributed by atoms with E-state index < -0.39 is 0 Å². The molecule has 0 bridgehead atoms. The predicted octanol–water partition coefficient (Wildman–Crippen LogP) is 2.74. The van der Waals surface area contributed by atoms with Crippen LogP contribution in [0.5, 0.6) is 0 Å². The van der Waals surface area contributed by atoms with E-state index in [1.807, 2.05) is 11.8 Å². The van der Waals surface area contributed by atoms with E-state index in [-0.39, 0.29) is 0 Å². The molecule has 1 heterocycles. The normalized spacial score (nSPS) is 15.5. The van der Waals surface area contributed by atoms with E-state index in [0.717, 1.165) is 13.1 Å². The molecule has 0 aliphatic carbocycles. The number of thioether (sulfide) groups is 1. The zero-order valence-electron chi connectivity index (χ0n) is 10.6. The van der Waals surface area contributed by atoms with Gasteiger partial charge in [-0.25, -0.2) is 0 Å². The van der Waals surface area contributed by atoms with E-state index in [9.17, 15) is 0 Å². The number of nitrogens with one attached hydrogen (secondary N) is 1. The number of hydrogen-bond donors (Lipinski definition) is 1. The molecule has 17 heavy (non-hydrogen) atoms. The molecule has 0 saturated carbocycles. The van der Waals surface area contributed by atoms with Gasteiger partial charge in [0.2, 0.25) is 0 Å². The van der Waals surface area contributed by atoms with Gasteiger partial charge < -0.3 is 10.2 Å². The van der Waals surface area contributed by atoms with Crippen molar-refractivity contribution in [3.63, 3.8) is 0 Å². The van der Waals surface area contributed by atoms with Crippen LogP contribution in [0.25, 0.3) is 0 Å². The van der Waals surface area contributed by atoms with Gasteiger partial charge in [0.15, 0.2) is 0 Å². The van der Waals surface area contributed by atoms with E-state index in [1.54, 1.807) is 0 Å². The van der Waals surface area contributed by atoms with Crippen LogP contribution in [0.1, 0.15) is 18.4 Å². The van der Waals surface area contributed by atoms with Gasteiger partial charge in [-0.1, -0.05) is 12.1 Å². The van der Waals surface area contributed by atoms with Gasteiger partial charge in [0.25, 0.3) is 0 Å². The summed E-state index contributed by atoms with van der Waals surface area (Å²) in [5, 5.41) is 3.46. The molecule has 0 aromatic heterocycles. The van der Waals surface area contributed by atoms with Crippen LogP contribution < -0.4 is 10.2 Å². The summed E-state index contributed by atoms with van der Waals surface area (Å²) in [6.45, 7) is 4.53. The average molecular weight is 250 g/mol. The molecule has 1 N–H and O–H groups in total. The molecule has 2 nitrogen and oxygen atoms in total. The first kappa shape index (κ1) is 12.8. The molecule has 1 aliphatic rings. The van der Waals surface area contributed by atoms with Crippen molar-refractivity contribution in [3.8, 4) is 0 Å². The van der Waals surface area contributed by atoms with Gasteiger partial charge in [-0.2, -0.15) is 11.8 Å². The van der Waals surface area contributed by atoms with Crippen LogP contribution in [0.2, 0.25) is 0 Å². The Bertz CT molecular complexity index is 317. The molecule has 3 heteroatoms. The summed E-state index contributed by atoms with van der Waals surface area (Å²) in [7, 11) is 0. The van der Waals surface area contributed by atoms with Crippen molar-refractivity contribution in [2.75, 3.05) is 36.5 Å². The smallest absolute Gasteiger partial charge is 0.0366 e. The van der Waals surface area contributed by atoms with Crippen molar-refractivity contribution in [1.82, 2.24) is 5.32 Å². The van der Waals surface area contributed by atoms with Gasteiger partial charge >= 0.3 is 0 Å². The molecule has 1 aromatic carbocycles. The molecule has 0 amide bonds. The van der Waals surface area contributed by atoms with Crippen molar-refractivity contribution in [2.45, 2.75) is 19.4 Å². The molecular weight excluding hydrogens is 228 g/mol. The highest BCUT2D eigenvalue weighted by Crippen LogP contribution is 2.20. The lowest BCUT2D eigenvalue weighted by Crippen LogP contribution is -2.18. The van der Waals surface area contributed by atoms with Crippen LogP contribution in [-0.4, -0.2) is 31.6 Å². The van der Waals surface area contributed by atoms with Crippen molar-refractivity contribution in [1.29, 1.82) is 0 Å². The maximum atomic E-state index is 3.46. The topological polar surface area (TPSA) is 15.3 Å². The summed E-state index contributed by atoms with van der Waals surface area (Å²) >= 11 is 1.89. The van der Waals surface area contributed by atoms with E-state index in [2.05, 4.69) is 40.7 Å². The van der Waals surface area contributed by atoms with Gasteiger partial charge in [-0.15, -0.1) is 0 Å². The van der Waals surface area contributed by atoms with E-state index in [1.165, 1.54) is 42.9 Å². The maximum Gasteiger partial charge on any atom is 0.0366 e. The molecule has 1 fully saturated rings. The largest absolute Gasteiger partial charge is 0.372 e. The van der Waals surface area contributed by atoms with E-state index >= 15 is 0 Å². The molecule has 94 valence electrons. The molecule has 0 radical (unpaired) electrons. The average Bonchev–Trinajstić information content (AvgIpc) is 2.89. The molecule has 0 atom stereocenters. The van der Waals surface area contributed by atoms with Gasteiger partial charge in [-0.05, 0) is 36.8 Å².